The molecule has 0 saturated heterocycles. The van der Waals surface area contributed by atoms with Gasteiger partial charge in [-0.05, 0) is 0 Å². The van der Waals surface area contributed by atoms with E-state index in [0.29, 0.717) is 11.9 Å². The highest BCUT2D eigenvalue weighted by atomic mass is 79.9. The maximum atomic E-state index is 10.8. The second-order valence-corrected chi connectivity index (χ2v) is 2.62. The van der Waals surface area contributed by atoms with Gasteiger partial charge in [-0.2, -0.15) is 0 Å². The first kappa shape index (κ1) is 9.69. The maximum Gasteiger partial charge on any atom is 0.309 e. The van der Waals surface area contributed by atoms with E-state index in [1.54, 1.807) is 13.0 Å². The topological polar surface area (TPSA) is 26.3 Å². The number of ether oxygens (including phenoxy) is 1. The summed E-state index contributed by atoms with van der Waals surface area (Å²) < 4.78 is 4.76. The van der Waals surface area contributed by atoms with Crippen molar-refractivity contribution >= 4 is 21.9 Å². The largest absolute Gasteiger partial charge is 0.461 e. The molecule has 0 fully saturated rings. The second-order valence-electron chi connectivity index (χ2n) is 1.97. The van der Waals surface area contributed by atoms with Crippen molar-refractivity contribution in [1.29, 1.82) is 0 Å². The van der Waals surface area contributed by atoms with Crippen LogP contribution in [-0.4, -0.2) is 17.9 Å². The summed E-state index contributed by atoms with van der Waals surface area (Å²) in [4.78, 5) is 10.8. The molecule has 0 aliphatic carbocycles. The van der Waals surface area contributed by atoms with Gasteiger partial charge in [0.05, 0.1) is 5.92 Å². The number of carbonyl (C=O) groups is 1. The number of esters is 1. The third kappa shape index (κ3) is 3.67. The van der Waals surface area contributed by atoms with Gasteiger partial charge in [-0.25, -0.2) is 0 Å². The minimum Gasteiger partial charge on any atom is -0.461 e. The fraction of sp³-hybridized carbons (Fsp3) is 0.571. The average Bonchev–Trinajstić information content (AvgIpc) is 1.98. The molecule has 3 heteroatoms. The molecule has 0 heterocycles. The maximum absolute atomic E-state index is 10.8. The lowest BCUT2D eigenvalue weighted by atomic mass is 10.2. The van der Waals surface area contributed by atoms with Crippen molar-refractivity contribution in [2.24, 2.45) is 5.92 Å². The molecule has 0 spiro atoms. The van der Waals surface area contributed by atoms with Crippen LogP contribution in [0.2, 0.25) is 0 Å². The van der Waals surface area contributed by atoms with Crippen molar-refractivity contribution in [3.05, 3.63) is 12.7 Å². The summed E-state index contributed by atoms with van der Waals surface area (Å²) in [6.07, 6.45) is 1.55. The van der Waals surface area contributed by atoms with Crippen molar-refractivity contribution in [3.63, 3.8) is 0 Å². The standard InChI is InChI=1S/C7H11BrO2/c1-3-4-10-7(9)6(2)5-8/h3,6H,1,4-5H2,2H3. The molecule has 0 N–H and O–H groups in total. The molecule has 10 heavy (non-hydrogen) atoms. The van der Waals surface area contributed by atoms with Crippen LogP contribution in [0.1, 0.15) is 6.92 Å². The van der Waals surface area contributed by atoms with Gasteiger partial charge in [0.15, 0.2) is 0 Å². The highest BCUT2D eigenvalue weighted by molar-refractivity contribution is 9.09. The molecule has 0 aromatic rings. The number of alkyl halides is 1. The Morgan fingerprint density at radius 2 is 2.50 bits per heavy atom. The summed E-state index contributed by atoms with van der Waals surface area (Å²) in [5.41, 5.74) is 0. The van der Waals surface area contributed by atoms with E-state index in [4.69, 9.17) is 4.74 Å². The molecule has 0 aliphatic heterocycles. The summed E-state index contributed by atoms with van der Waals surface area (Å²) in [6.45, 7) is 5.54. The highest BCUT2D eigenvalue weighted by Gasteiger charge is 2.10. The zero-order valence-electron chi connectivity index (χ0n) is 5.97. The predicted octanol–water partition coefficient (Wildman–Crippen LogP) is 1.75. The molecular weight excluding hydrogens is 196 g/mol. The Hall–Kier alpha value is -0.310. The van der Waals surface area contributed by atoms with E-state index in [0.717, 1.165) is 0 Å². The highest BCUT2D eigenvalue weighted by Crippen LogP contribution is 2.01. The van der Waals surface area contributed by atoms with Crippen LogP contribution in [-0.2, 0) is 9.53 Å². The van der Waals surface area contributed by atoms with E-state index in [-0.39, 0.29) is 11.9 Å². The first-order chi connectivity index (χ1) is 4.72. The normalized spacial score (nSPS) is 12.2. The van der Waals surface area contributed by atoms with E-state index >= 15 is 0 Å². The predicted molar refractivity (Wildman–Crippen MR) is 44.1 cm³/mol. The number of halogens is 1. The molecule has 1 unspecified atom stereocenters. The molecule has 0 amide bonds. The van der Waals surface area contributed by atoms with E-state index in [1.807, 2.05) is 0 Å². The molecule has 2 nitrogen and oxygen atoms in total. The Kier molecular flexibility index (Phi) is 5.30. The van der Waals surface area contributed by atoms with Gasteiger partial charge in [-0.1, -0.05) is 35.5 Å². The minimum atomic E-state index is -0.184. The smallest absolute Gasteiger partial charge is 0.309 e. The van der Waals surface area contributed by atoms with Crippen molar-refractivity contribution in [2.75, 3.05) is 11.9 Å². The van der Waals surface area contributed by atoms with Crippen LogP contribution in [0.15, 0.2) is 12.7 Å². The molecule has 58 valence electrons. The minimum absolute atomic E-state index is 0.0695. The van der Waals surface area contributed by atoms with Crippen LogP contribution in [0.25, 0.3) is 0 Å². The molecule has 0 saturated carbocycles. The lowest BCUT2D eigenvalue weighted by Gasteiger charge is -2.05. The third-order valence-electron chi connectivity index (χ3n) is 0.977. The summed E-state index contributed by atoms with van der Waals surface area (Å²) in [5, 5.41) is 0.642. The fourth-order valence-corrected chi connectivity index (χ4v) is 0.611. The number of hydrogen-bond donors (Lipinski definition) is 0. The van der Waals surface area contributed by atoms with E-state index < -0.39 is 0 Å². The molecule has 0 bridgehead atoms. The number of carbonyl (C=O) groups excluding carboxylic acids is 1. The van der Waals surface area contributed by atoms with Crippen molar-refractivity contribution in [1.82, 2.24) is 0 Å². The van der Waals surface area contributed by atoms with Gasteiger partial charge in [-0.15, -0.1) is 0 Å². The van der Waals surface area contributed by atoms with Crippen molar-refractivity contribution in [2.45, 2.75) is 6.92 Å². The van der Waals surface area contributed by atoms with E-state index in [2.05, 4.69) is 22.5 Å². The van der Waals surface area contributed by atoms with E-state index in [9.17, 15) is 4.79 Å². The average molecular weight is 207 g/mol. The van der Waals surface area contributed by atoms with Gasteiger partial charge in [0.1, 0.15) is 6.61 Å². The Balaban J connectivity index is 3.51. The van der Waals surface area contributed by atoms with Gasteiger partial charge in [0.25, 0.3) is 0 Å². The van der Waals surface area contributed by atoms with Gasteiger partial charge in [0, 0.05) is 5.33 Å². The Morgan fingerprint density at radius 3 is 2.90 bits per heavy atom. The summed E-state index contributed by atoms with van der Waals surface area (Å²) in [6, 6.07) is 0. The van der Waals surface area contributed by atoms with Gasteiger partial charge in [0.2, 0.25) is 0 Å². The summed E-state index contributed by atoms with van der Waals surface area (Å²) in [5.74, 6) is -0.253. The first-order valence-corrected chi connectivity index (χ1v) is 4.18. The van der Waals surface area contributed by atoms with Crippen LogP contribution < -0.4 is 0 Å². The van der Waals surface area contributed by atoms with Crippen LogP contribution in [0, 0.1) is 5.92 Å². The van der Waals surface area contributed by atoms with Crippen LogP contribution in [0.4, 0.5) is 0 Å². The molecule has 0 rings (SSSR count). The number of hydrogen-bond acceptors (Lipinski definition) is 2. The molecule has 1 atom stereocenters. The quantitative estimate of drug-likeness (QED) is 0.398. The molecule has 0 aliphatic rings. The third-order valence-corrected chi connectivity index (χ3v) is 1.95. The molecule has 0 aromatic heterocycles. The zero-order valence-corrected chi connectivity index (χ0v) is 7.56. The lowest BCUT2D eigenvalue weighted by molar-refractivity contribution is -0.145. The SMILES string of the molecule is C=CCOC(=O)C(C)CBr. The van der Waals surface area contributed by atoms with Gasteiger partial charge >= 0.3 is 5.97 Å². The zero-order chi connectivity index (χ0) is 7.98. The first-order valence-electron chi connectivity index (χ1n) is 3.05. The molecule has 0 aromatic carbocycles. The van der Waals surface area contributed by atoms with Gasteiger partial charge in [-0.3, -0.25) is 4.79 Å². The molecular formula is C7H11BrO2. The summed E-state index contributed by atoms with van der Waals surface area (Å²) in [7, 11) is 0. The monoisotopic (exact) mass is 206 g/mol. The van der Waals surface area contributed by atoms with Crippen LogP contribution in [0.5, 0.6) is 0 Å². The van der Waals surface area contributed by atoms with Crippen LogP contribution in [0.3, 0.4) is 0 Å². The Labute approximate surface area is 69.4 Å². The lowest BCUT2D eigenvalue weighted by Crippen LogP contribution is -2.15. The van der Waals surface area contributed by atoms with Gasteiger partial charge < -0.3 is 4.74 Å². The van der Waals surface area contributed by atoms with Crippen LogP contribution >= 0.6 is 15.9 Å². The summed E-state index contributed by atoms with van der Waals surface area (Å²) >= 11 is 3.18. The molecule has 0 radical (unpaired) electrons. The second kappa shape index (κ2) is 5.47. The van der Waals surface area contributed by atoms with Crippen molar-refractivity contribution < 1.29 is 9.53 Å². The Bertz CT molecular complexity index is 123. The van der Waals surface area contributed by atoms with E-state index in [1.165, 1.54) is 0 Å². The fourth-order valence-electron chi connectivity index (χ4n) is 0.346. The Morgan fingerprint density at radius 1 is 1.90 bits per heavy atom. The van der Waals surface area contributed by atoms with Crippen molar-refractivity contribution in [3.8, 4) is 0 Å². The number of rotatable bonds is 4.